The van der Waals surface area contributed by atoms with Crippen LogP contribution in [0.15, 0.2) is 36.4 Å². The van der Waals surface area contributed by atoms with E-state index in [2.05, 4.69) is 5.32 Å². The van der Waals surface area contributed by atoms with Crippen LogP contribution in [-0.4, -0.2) is 54.6 Å². The van der Waals surface area contributed by atoms with Gasteiger partial charge in [0.15, 0.2) is 18.1 Å². The molecule has 0 fully saturated rings. The number of carbonyl (C=O) groups excluding carboxylic acids is 2. The van der Waals surface area contributed by atoms with Gasteiger partial charge in [0.2, 0.25) is 0 Å². The molecule has 0 atom stereocenters. The summed E-state index contributed by atoms with van der Waals surface area (Å²) in [4.78, 5) is 35.7. The number of hydrogen-bond acceptors (Lipinski definition) is 7. The van der Waals surface area contributed by atoms with Crippen LogP contribution in [0.1, 0.15) is 15.9 Å². The molecule has 2 aromatic carbocycles. The maximum Gasteiger partial charge on any atom is 0.282 e. The number of nitro groups is 1. The minimum absolute atomic E-state index is 0.0545. The Kier molecular flexibility index (Phi) is 6.96. The Morgan fingerprint density at radius 3 is 2.52 bits per heavy atom. The summed E-state index contributed by atoms with van der Waals surface area (Å²) in [6.45, 7) is -0.0977. The van der Waals surface area contributed by atoms with Crippen LogP contribution in [0, 0.1) is 10.1 Å². The normalized spacial score (nSPS) is 10.2. The lowest BCUT2D eigenvalue weighted by Crippen LogP contribution is -2.27. The summed E-state index contributed by atoms with van der Waals surface area (Å²) >= 11 is 0. The molecule has 0 unspecified atom stereocenters. The molecule has 29 heavy (non-hydrogen) atoms. The summed E-state index contributed by atoms with van der Waals surface area (Å²) in [5.74, 6) is -0.441. The average molecular weight is 403 g/mol. The Morgan fingerprint density at radius 2 is 1.90 bits per heavy atom. The van der Waals surface area contributed by atoms with Crippen LogP contribution in [0.4, 0.5) is 5.69 Å². The van der Waals surface area contributed by atoms with Gasteiger partial charge in [0.1, 0.15) is 11.3 Å². The number of nitrogens with zero attached hydrogens (tertiary/aromatic N) is 2. The molecular weight excluding hydrogens is 382 g/mol. The molecule has 10 heteroatoms. The van der Waals surface area contributed by atoms with Gasteiger partial charge in [-0.3, -0.25) is 19.7 Å². The fourth-order valence-electron chi connectivity index (χ4n) is 2.35. The highest BCUT2D eigenvalue weighted by Gasteiger charge is 2.20. The number of amides is 2. The quantitative estimate of drug-likeness (QED) is 0.507. The molecule has 2 N–H and O–H groups in total. The van der Waals surface area contributed by atoms with Crippen molar-refractivity contribution in [2.45, 2.75) is 6.54 Å². The summed E-state index contributed by atoms with van der Waals surface area (Å²) in [7, 11) is 4.67. The maximum absolute atomic E-state index is 12.3. The lowest BCUT2D eigenvalue weighted by molar-refractivity contribution is -0.385. The average Bonchev–Trinajstić information content (AvgIpc) is 2.69. The first-order chi connectivity index (χ1) is 13.7. The highest BCUT2D eigenvalue weighted by Crippen LogP contribution is 2.28. The number of hydrogen-bond donors (Lipinski definition) is 2. The van der Waals surface area contributed by atoms with Gasteiger partial charge in [-0.25, -0.2) is 0 Å². The summed E-state index contributed by atoms with van der Waals surface area (Å²) in [5.41, 5.74) is -0.0133. The van der Waals surface area contributed by atoms with Gasteiger partial charge in [0.25, 0.3) is 17.5 Å². The molecule has 0 heterocycles. The van der Waals surface area contributed by atoms with Crippen LogP contribution in [0.5, 0.6) is 17.2 Å². The Morgan fingerprint density at radius 1 is 1.17 bits per heavy atom. The molecule has 0 spiro atoms. The van der Waals surface area contributed by atoms with Crippen molar-refractivity contribution < 1.29 is 29.1 Å². The van der Waals surface area contributed by atoms with Gasteiger partial charge in [-0.1, -0.05) is 6.07 Å². The third-order valence-corrected chi connectivity index (χ3v) is 3.95. The molecule has 0 aromatic heterocycles. The van der Waals surface area contributed by atoms with Crippen LogP contribution in [-0.2, 0) is 11.3 Å². The van der Waals surface area contributed by atoms with Gasteiger partial charge in [-0.05, 0) is 29.8 Å². The summed E-state index contributed by atoms with van der Waals surface area (Å²) in [5, 5.41) is 23.1. The van der Waals surface area contributed by atoms with Gasteiger partial charge in [0.05, 0.1) is 12.0 Å². The lowest BCUT2D eigenvalue weighted by atomic mass is 10.1. The fraction of sp³-hybridized carbons (Fsp3) is 0.263. The Labute approximate surface area is 166 Å². The minimum atomic E-state index is -0.705. The van der Waals surface area contributed by atoms with E-state index >= 15 is 0 Å². The zero-order valence-corrected chi connectivity index (χ0v) is 16.2. The number of nitrogens with one attached hydrogen (secondary N) is 1. The highest BCUT2D eigenvalue weighted by atomic mass is 16.6. The van der Waals surface area contributed by atoms with Crippen LogP contribution < -0.4 is 14.8 Å². The summed E-state index contributed by atoms with van der Waals surface area (Å²) in [6, 6.07) is 8.11. The SMILES string of the molecule is COc1cc(CNC(=O)c2cc(O)ccc2[N+](=O)[O-])ccc1OCC(=O)N(C)C. The molecule has 0 saturated heterocycles. The van der Waals surface area contributed by atoms with Crippen molar-refractivity contribution in [2.75, 3.05) is 27.8 Å². The highest BCUT2D eigenvalue weighted by molar-refractivity contribution is 5.98. The van der Waals surface area contributed by atoms with E-state index in [1.807, 2.05) is 0 Å². The molecule has 154 valence electrons. The topological polar surface area (TPSA) is 131 Å². The van der Waals surface area contributed by atoms with E-state index in [1.165, 1.54) is 12.0 Å². The van der Waals surface area contributed by atoms with Crippen molar-refractivity contribution in [1.29, 1.82) is 0 Å². The van der Waals surface area contributed by atoms with Crippen LogP contribution in [0.25, 0.3) is 0 Å². The zero-order chi connectivity index (χ0) is 21.6. The zero-order valence-electron chi connectivity index (χ0n) is 16.2. The van der Waals surface area contributed by atoms with E-state index < -0.39 is 16.5 Å². The van der Waals surface area contributed by atoms with Gasteiger partial charge in [0, 0.05) is 26.7 Å². The third kappa shape index (κ3) is 5.58. The number of rotatable bonds is 8. The number of phenolic OH excluding ortho intramolecular Hbond substituents is 1. The number of phenols is 1. The summed E-state index contributed by atoms with van der Waals surface area (Å²) in [6.07, 6.45) is 0. The number of benzene rings is 2. The summed E-state index contributed by atoms with van der Waals surface area (Å²) < 4.78 is 10.7. The van der Waals surface area contributed by atoms with E-state index in [4.69, 9.17) is 9.47 Å². The smallest absolute Gasteiger partial charge is 0.282 e. The van der Waals surface area contributed by atoms with E-state index in [-0.39, 0.29) is 30.4 Å². The molecule has 2 amide bonds. The maximum atomic E-state index is 12.3. The third-order valence-electron chi connectivity index (χ3n) is 3.95. The number of carbonyl (C=O) groups is 2. The van der Waals surface area contributed by atoms with Gasteiger partial charge >= 0.3 is 0 Å². The Balaban J connectivity index is 2.09. The molecule has 0 radical (unpaired) electrons. The second-order valence-corrected chi connectivity index (χ2v) is 6.20. The molecular formula is C19H21N3O7. The van der Waals surface area contributed by atoms with Crippen molar-refractivity contribution in [3.05, 3.63) is 57.6 Å². The molecule has 10 nitrogen and oxygen atoms in total. The van der Waals surface area contributed by atoms with Gasteiger partial charge in [-0.2, -0.15) is 0 Å². The van der Waals surface area contributed by atoms with E-state index in [0.29, 0.717) is 17.1 Å². The van der Waals surface area contributed by atoms with Crippen LogP contribution in [0.3, 0.4) is 0 Å². The largest absolute Gasteiger partial charge is 0.508 e. The minimum Gasteiger partial charge on any atom is -0.508 e. The molecule has 0 aliphatic heterocycles. The predicted molar refractivity (Wildman–Crippen MR) is 103 cm³/mol. The van der Waals surface area contributed by atoms with Crippen LogP contribution in [0.2, 0.25) is 0 Å². The first kappa shape index (κ1) is 21.5. The number of nitro benzene ring substituents is 1. The monoisotopic (exact) mass is 403 g/mol. The van der Waals surface area contributed by atoms with Crippen molar-refractivity contribution >= 4 is 17.5 Å². The standard InChI is InChI=1S/C19H21N3O7/c1-21(2)18(24)11-29-16-7-4-12(8-17(16)28-3)10-20-19(25)14-9-13(23)5-6-15(14)22(26)27/h4-9,23H,10-11H2,1-3H3,(H,20,25). The molecule has 2 aromatic rings. The first-order valence-electron chi connectivity index (χ1n) is 8.48. The molecule has 2 rings (SSSR count). The molecule has 0 saturated carbocycles. The van der Waals surface area contributed by atoms with Crippen molar-refractivity contribution in [3.63, 3.8) is 0 Å². The van der Waals surface area contributed by atoms with E-state index in [1.54, 1.807) is 32.3 Å². The van der Waals surface area contributed by atoms with Crippen molar-refractivity contribution in [1.82, 2.24) is 10.2 Å². The second-order valence-electron chi connectivity index (χ2n) is 6.20. The van der Waals surface area contributed by atoms with E-state index in [0.717, 1.165) is 18.2 Å². The number of methoxy groups -OCH3 is 1. The number of aromatic hydroxyl groups is 1. The number of ether oxygens (including phenoxy) is 2. The van der Waals surface area contributed by atoms with Crippen molar-refractivity contribution in [3.8, 4) is 17.2 Å². The Hall–Kier alpha value is -3.82. The Bertz CT molecular complexity index is 928. The lowest BCUT2D eigenvalue weighted by Gasteiger charge is -2.14. The van der Waals surface area contributed by atoms with Gasteiger partial charge in [-0.15, -0.1) is 0 Å². The van der Waals surface area contributed by atoms with Crippen molar-refractivity contribution in [2.24, 2.45) is 0 Å². The second kappa shape index (κ2) is 9.40. The molecule has 0 bridgehead atoms. The van der Waals surface area contributed by atoms with Gasteiger partial charge < -0.3 is 24.8 Å². The molecule has 0 aliphatic carbocycles. The van der Waals surface area contributed by atoms with Crippen LogP contribution >= 0.6 is 0 Å². The first-order valence-corrected chi connectivity index (χ1v) is 8.48. The predicted octanol–water partition coefficient (Wildman–Crippen LogP) is 1.71. The fourth-order valence-corrected chi connectivity index (χ4v) is 2.35. The van der Waals surface area contributed by atoms with E-state index in [9.17, 15) is 24.8 Å². The number of likely N-dealkylation sites (N-methyl/N-ethyl adjacent to an activating group) is 1. The molecule has 0 aliphatic rings.